The Labute approximate surface area is 195 Å². The van der Waals surface area contributed by atoms with Gasteiger partial charge < -0.3 is 15.2 Å². The number of hydrogen-bond donors (Lipinski definition) is 1. The summed E-state index contributed by atoms with van der Waals surface area (Å²) in [4.78, 5) is 30.2. The number of anilines is 1. The Kier molecular flexibility index (Phi) is 7.23. The Hall–Kier alpha value is -2.99. The molecule has 2 aromatic carbocycles. The molecule has 2 aliphatic carbocycles. The molecule has 6 nitrogen and oxygen atoms in total. The van der Waals surface area contributed by atoms with Crippen LogP contribution in [0.5, 0.6) is 0 Å². The third kappa shape index (κ3) is 5.33. The zero-order valence-electron chi connectivity index (χ0n) is 19.2. The number of rotatable bonds is 8. The van der Waals surface area contributed by atoms with Crippen LogP contribution in [0, 0.1) is 5.41 Å². The first-order valence-corrected chi connectivity index (χ1v) is 11.8. The first-order valence-electron chi connectivity index (χ1n) is 11.8. The summed E-state index contributed by atoms with van der Waals surface area (Å²) in [7, 11) is 0. The van der Waals surface area contributed by atoms with Gasteiger partial charge in [0, 0.05) is 24.2 Å². The van der Waals surface area contributed by atoms with Gasteiger partial charge in [-0.3, -0.25) is 9.79 Å². The Morgan fingerprint density at radius 1 is 1.09 bits per heavy atom. The number of Topliss-reactive ketones (excluding diaryl/α,β-unsaturated/α-hetero) is 1. The van der Waals surface area contributed by atoms with Crippen molar-refractivity contribution in [3.05, 3.63) is 65.7 Å². The molecule has 0 aliphatic heterocycles. The quantitative estimate of drug-likeness (QED) is 0.480. The van der Waals surface area contributed by atoms with Crippen LogP contribution in [-0.4, -0.2) is 36.2 Å². The minimum Gasteiger partial charge on any atom is -0.464 e. The molecule has 2 aromatic rings. The van der Waals surface area contributed by atoms with Crippen molar-refractivity contribution in [1.82, 2.24) is 0 Å². The van der Waals surface area contributed by atoms with Crippen molar-refractivity contribution in [2.75, 3.05) is 12.3 Å². The highest BCUT2D eigenvalue weighted by Crippen LogP contribution is 2.48. The highest BCUT2D eigenvalue weighted by molar-refractivity contribution is 6.27. The van der Waals surface area contributed by atoms with Crippen molar-refractivity contribution < 1.29 is 19.1 Å². The van der Waals surface area contributed by atoms with Gasteiger partial charge in [-0.25, -0.2) is 4.79 Å². The number of ketones is 1. The maximum atomic E-state index is 12.7. The van der Waals surface area contributed by atoms with Crippen LogP contribution in [0.25, 0.3) is 0 Å². The van der Waals surface area contributed by atoms with Crippen LogP contribution in [0.2, 0.25) is 0 Å². The second-order valence-corrected chi connectivity index (χ2v) is 8.97. The SMILES string of the molecule is CCOC(=O)C(Cc1ccc(N)cc1)N=C1CC(=O)C12CCC(OCc1ccccc1)CC2. The summed E-state index contributed by atoms with van der Waals surface area (Å²) in [6.45, 7) is 2.67. The summed E-state index contributed by atoms with van der Waals surface area (Å²) < 4.78 is 11.4. The number of nitrogens with zero attached hydrogens (tertiary/aromatic N) is 1. The Morgan fingerprint density at radius 3 is 2.42 bits per heavy atom. The molecule has 1 unspecified atom stereocenters. The Balaban J connectivity index is 1.43. The lowest BCUT2D eigenvalue weighted by Crippen LogP contribution is -2.54. The normalized spacial score (nSPS) is 24.5. The summed E-state index contributed by atoms with van der Waals surface area (Å²) >= 11 is 0. The van der Waals surface area contributed by atoms with E-state index in [0.717, 1.165) is 42.5 Å². The number of benzene rings is 2. The van der Waals surface area contributed by atoms with E-state index in [1.54, 1.807) is 6.92 Å². The van der Waals surface area contributed by atoms with Gasteiger partial charge in [0.1, 0.15) is 5.78 Å². The van der Waals surface area contributed by atoms with E-state index < -0.39 is 11.5 Å². The monoisotopic (exact) mass is 448 g/mol. The number of nitrogen functional groups attached to an aromatic ring is 1. The van der Waals surface area contributed by atoms with Crippen molar-refractivity contribution in [3.8, 4) is 0 Å². The molecule has 2 aliphatic rings. The van der Waals surface area contributed by atoms with Crippen LogP contribution in [0.4, 0.5) is 5.69 Å². The molecule has 0 amide bonds. The number of esters is 1. The predicted octanol–water partition coefficient (Wildman–Crippen LogP) is 4.30. The van der Waals surface area contributed by atoms with Crippen molar-refractivity contribution in [2.24, 2.45) is 10.4 Å². The molecular weight excluding hydrogens is 416 g/mol. The van der Waals surface area contributed by atoms with Gasteiger partial charge in [0.05, 0.1) is 24.7 Å². The van der Waals surface area contributed by atoms with E-state index in [9.17, 15) is 9.59 Å². The van der Waals surface area contributed by atoms with Crippen LogP contribution in [0.15, 0.2) is 59.6 Å². The molecule has 0 heterocycles. The van der Waals surface area contributed by atoms with Gasteiger partial charge in [-0.1, -0.05) is 42.5 Å². The third-order valence-electron chi connectivity index (χ3n) is 6.81. The zero-order valence-corrected chi connectivity index (χ0v) is 19.2. The largest absolute Gasteiger partial charge is 0.464 e. The van der Waals surface area contributed by atoms with Crippen LogP contribution in [0.1, 0.15) is 50.2 Å². The summed E-state index contributed by atoms with van der Waals surface area (Å²) in [5.74, 6) is -0.117. The van der Waals surface area contributed by atoms with Gasteiger partial charge in [-0.05, 0) is 55.9 Å². The fraction of sp³-hybridized carbons (Fsp3) is 0.444. The Bertz CT molecular complexity index is 993. The molecule has 0 bridgehead atoms. The first kappa shape index (κ1) is 23.2. The second kappa shape index (κ2) is 10.3. The minimum absolute atomic E-state index is 0.140. The average molecular weight is 449 g/mol. The third-order valence-corrected chi connectivity index (χ3v) is 6.81. The second-order valence-electron chi connectivity index (χ2n) is 8.97. The van der Waals surface area contributed by atoms with Crippen LogP contribution >= 0.6 is 0 Å². The predicted molar refractivity (Wildman–Crippen MR) is 128 cm³/mol. The molecule has 174 valence electrons. The lowest BCUT2D eigenvalue weighted by molar-refractivity contribution is -0.144. The number of carbonyl (C=O) groups is 2. The number of hydrogen-bond acceptors (Lipinski definition) is 6. The van der Waals surface area contributed by atoms with Gasteiger partial charge in [0.2, 0.25) is 0 Å². The van der Waals surface area contributed by atoms with Crippen molar-refractivity contribution >= 4 is 23.2 Å². The van der Waals surface area contributed by atoms with Crippen molar-refractivity contribution in [2.45, 2.75) is 64.2 Å². The number of nitrogens with two attached hydrogens (primary N) is 1. The number of carbonyl (C=O) groups excluding carboxylic acids is 2. The van der Waals surface area contributed by atoms with E-state index in [-0.39, 0.29) is 17.9 Å². The van der Waals surface area contributed by atoms with Crippen LogP contribution < -0.4 is 5.73 Å². The topological polar surface area (TPSA) is 91.0 Å². The van der Waals surface area contributed by atoms with Gasteiger partial charge in [-0.15, -0.1) is 0 Å². The van der Waals surface area contributed by atoms with Gasteiger partial charge in [-0.2, -0.15) is 0 Å². The summed E-state index contributed by atoms with van der Waals surface area (Å²) in [6, 6.07) is 16.9. The fourth-order valence-electron chi connectivity index (χ4n) is 4.81. The molecular formula is C27H32N2O4. The zero-order chi connectivity index (χ0) is 23.3. The molecule has 2 fully saturated rings. The average Bonchev–Trinajstić information content (AvgIpc) is 2.84. The molecule has 0 radical (unpaired) electrons. The molecule has 0 saturated heterocycles. The summed E-state index contributed by atoms with van der Waals surface area (Å²) in [5.41, 5.74) is 8.89. The highest BCUT2D eigenvalue weighted by Gasteiger charge is 2.53. The van der Waals surface area contributed by atoms with E-state index in [1.807, 2.05) is 42.5 Å². The van der Waals surface area contributed by atoms with Crippen LogP contribution in [-0.2, 0) is 32.1 Å². The highest BCUT2D eigenvalue weighted by atomic mass is 16.5. The van der Waals surface area contributed by atoms with E-state index in [4.69, 9.17) is 20.2 Å². The van der Waals surface area contributed by atoms with E-state index in [2.05, 4.69) is 12.1 Å². The summed E-state index contributed by atoms with van der Waals surface area (Å²) in [5, 5.41) is 0. The molecule has 2 N–H and O–H groups in total. The maximum Gasteiger partial charge on any atom is 0.331 e. The smallest absolute Gasteiger partial charge is 0.331 e. The molecule has 0 aromatic heterocycles. The van der Waals surface area contributed by atoms with Crippen molar-refractivity contribution in [1.29, 1.82) is 0 Å². The molecule has 2 saturated carbocycles. The number of aliphatic imine (C=N–C) groups is 1. The molecule has 1 spiro atoms. The summed E-state index contributed by atoms with van der Waals surface area (Å²) in [6.07, 6.45) is 3.98. The first-order chi connectivity index (χ1) is 16.0. The fourth-order valence-corrected chi connectivity index (χ4v) is 4.81. The molecule has 1 atom stereocenters. The van der Waals surface area contributed by atoms with E-state index in [0.29, 0.717) is 31.7 Å². The number of ether oxygens (including phenoxy) is 2. The minimum atomic E-state index is -0.652. The van der Waals surface area contributed by atoms with Gasteiger partial charge >= 0.3 is 5.97 Å². The molecule has 33 heavy (non-hydrogen) atoms. The maximum absolute atomic E-state index is 12.7. The lowest BCUT2D eigenvalue weighted by Gasteiger charge is -2.46. The Morgan fingerprint density at radius 2 is 1.79 bits per heavy atom. The van der Waals surface area contributed by atoms with Crippen molar-refractivity contribution in [3.63, 3.8) is 0 Å². The lowest BCUT2D eigenvalue weighted by atomic mass is 9.57. The van der Waals surface area contributed by atoms with Crippen LogP contribution in [0.3, 0.4) is 0 Å². The molecule has 6 heteroatoms. The van der Waals surface area contributed by atoms with E-state index in [1.165, 1.54) is 0 Å². The van der Waals surface area contributed by atoms with Gasteiger partial charge in [0.15, 0.2) is 6.04 Å². The molecule has 4 rings (SSSR count). The van der Waals surface area contributed by atoms with E-state index >= 15 is 0 Å². The van der Waals surface area contributed by atoms with Gasteiger partial charge in [0.25, 0.3) is 0 Å². The standard InChI is InChI=1S/C27H32N2O4/c1-2-32-26(31)23(16-19-8-10-21(28)11-9-19)29-24-17-25(30)27(24)14-12-22(13-15-27)33-18-20-6-4-3-5-7-20/h3-11,22-23H,2,12-18,28H2,1H3.